The molecule has 11 rings (SSSR count). The monoisotopic (exact) mass is 714 g/mol. The van der Waals surface area contributed by atoms with Crippen LogP contribution >= 0.6 is 0 Å². The highest BCUT2D eigenvalue weighted by Crippen LogP contribution is 2.62. The molecule has 8 aromatic carbocycles. The predicted octanol–water partition coefficient (Wildman–Crippen LogP) is 13.3. The van der Waals surface area contributed by atoms with Gasteiger partial charge < -0.3 is 4.74 Å². The molecule has 262 valence electrons. The topological polar surface area (TPSA) is 35.0 Å². The zero-order chi connectivity index (χ0) is 37.1. The van der Waals surface area contributed by atoms with Gasteiger partial charge in [0.2, 0.25) is 0 Å². The largest absolute Gasteiger partial charge is 0.457 e. The fourth-order valence-corrected chi connectivity index (χ4v) is 8.82. The molecule has 0 fully saturated rings. The molecule has 2 heterocycles. The molecular weight excluding hydrogens is 681 g/mol. The number of hydrogen-bond acceptors (Lipinski definition) is 3. The van der Waals surface area contributed by atoms with Crippen molar-refractivity contribution in [1.29, 1.82) is 0 Å². The van der Waals surface area contributed by atoms with Crippen molar-refractivity contribution in [2.75, 3.05) is 0 Å². The van der Waals surface area contributed by atoms with Crippen LogP contribution in [-0.4, -0.2) is 9.97 Å². The Morgan fingerprint density at radius 3 is 1.50 bits per heavy atom. The summed E-state index contributed by atoms with van der Waals surface area (Å²) in [6.07, 6.45) is 0. The minimum atomic E-state index is -0.473. The van der Waals surface area contributed by atoms with Gasteiger partial charge in [-0.15, -0.1) is 0 Å². The van der Waals surface area contributed by atoms with Crippen molar-refractivity contribution in [3.63, 3.8) is 0 Å². The highest BCUT2D eigenvalue weighted by atomic mass is 16.5. The van der Waals surface area contributed by atoms with Crippen molar-refractivity contribution < 1.29 is 4.74 Å². The first-order valence-corrected chi connectivity index (χ1v) is 19.1. The first kappa shape index (κ1) is 32.1. The number of benzene rings is 8. The van der Waals surface area contributed by atoms with E-state index in [1.165, 1.54) is 33.4 Å². The number of nitrogens with zero attached hydrogens (tertiary/aromatic N) is 2. The Balaban J connectivity index is 0.998. The minimum Gasteiger partial charge on any atom is -0.457 e. The predicted molar refractivity (Wildman–Crippen MR) is 227 cm³/mol. The summed E-state index contributed by atoms with van der Waals surface area (Å²) in [4.78, 5) is 10.3. The van der Waals surface area contributed by atoms with Gasteiger partial charge >= 0.3 is 0 Å². The van der Waals surface area contributed by atoms with Crippen molar-refractivity contribution >= 4 is 0 Å². The smallest absolute Gasteiger partial charge is 0.160 e. The summed E-state index contributed by atoms with van der Waals surface area (Å²) in [6.45, 7) is 0. The lowest BCUT2D eigenvalue weighted by molar-refractivity contribution is 0.436. The fourth-order valence-electron chi connectivity index (χ4n) is 8.82. The van der Waals surface area contributed by atoms with E-state index in [1.807, 2.05) is 12.1 Å². The molecule has 56 heavy (non-hydrogen) atoms. The summed E-state index contributed by atoms with van der Waals surface area (Å²) >= 11 is 0. The quantitative estimate of drug-likeness (QED) is 0.178. The lowest BCUT2D eigenvalue weighted by atomic mass is 9.66. The molecule has 1 aliphatic heterocycles. The summed E-state index contributed by atoms with van der Waals surface area (Å²) < 4.78 is 6.78. The lowest BCUT2D eigenvalue weighted by Gasteiger charge is -2.39. The molecule has 1 aromatic heterocycles. The van der Waals surface area contributed by atoms with Gasteiger partial charge in [0.05, 0.1) is 16.8 Å². The Morgan fingerprint density at radius 2 is 0.786 bits per heavy atom. The van der Waals surface area contributed by atoms with Gasteiger partial charge in [-0.2, -0.15) is 0 Å². The second-order valence-corrected chi connectivity index (χ2v) is 14.5. The van der Waals surface area contributed by atoms with E-state index in [9.17, 15) is 0 Å². The Kier molecular flexibility index (Phi) is 7.39. The average molecular weight is 715 g/mol. The second kappa shape index (κ2) is 12.9. The standard InChI is InChI=1S/C53H34N2O/c1-3-14-35(15-4-1)39-18-13-19-41(32-39)49-34-48(37-16-5-2-6-17-37)54-52(55-49)38-28-26-36(27-29-38)40-30-31-47-51(33-40)56-50-25-12-11-24-46(50)53(47)44-22-9-7-20-42(44)43-21-8-10-23-45(43)53/h1-34H. The highest BCUT2D eigenvalue weighted by molar-refractivity contribution is 5.89. The number of para-hydroxylation sites is 1. The van der Waals surface area contributed by atoms with Crippen LogP contribution in [0.5, 0.6) is 11.5 Å². The highest BCUT2D eigenvalue weighted by Gasteiger charge is 2.50. The van der Waals surface area contributed by atoms with Gasteiger partial charge in [0, 0.05) is 27.8 Å². The summed E-state index contributed by atoms with van der Waals surface area (Å²) in [6, 6.07) is 73.0. The molecule has 0 radical (unpaired) electrons. The molecule has 0 amide bonds. The van der Waals surface area contributed by atoms with E-state index in [2.05, 4.69) is 194 Å². The van der Waals surface area contributed by atoms with Crippen LogP contribution in [0.3, 0.4) is 0 Å². The maximum absolute atomic E-state index is 6.78. The maximum atomic E-state index is 6.78. The van der Waals surface area contributed by atoms with Crippen LogP contribution in [0.25, 0.3) is 67.3 Å². The van der Waals surface area contributed by atoms with Gasteiger partial charge in [-0.25, -0.2) is 9.97 Å². The van der Waals surface area contributed by atoms with Crippen molar-refractivity contribution in [3.8, 4) is 78.8 Å². The maximum Gasteiger partial charge on any atom is 0.160 e. The molecule has 2 aliphatic rings. The molecule has 1 aliphatic carbocycles. The van der Waals surface area contributed by atoms with Crippen LogP contribution in [0.15, 0.2) is 206 Å². The van der Waals surface area contributed by atoms with E-state index in [0.29, 0.717) is 5.82 Å². The van der Waals surface area contributed by atoms with E-state index in [4.69, 9.17) is 14.7 Å². The summed E-state index contributed by atoms with van der Waals surface area (Å²) in [5, 5.41) is 0. The van der Waals surface area contributed by atoms with Crippen LogP contribution in [-0.2, 0) is 5.41 Å². The number of aromatic nitrogens is 2. The molecule has 9 aromatic rings. The normalized spacial score (nSPS) is 12.9. The van der Waals surface area contributed by atoms with E-state index in [1.54, 1.807) is 0 Å². The van der Waals surface area contributed by atoms with Gasteiger partial charge in [-0.1, -0.05) is 182 Å². The first-order chi connectivity index (χ1) is 27.7. The number of hydrogen-bond donors (Lipinski definition) is 0. The molecule has 1 spiro atoms. The summed E-state index contributed by atoms with van der Waals surface area (Å²) in [5.41, 5.74) is 16.3. The molecule has 3 nitrogen and oxygen atoms in total. The van der Waals surface area contributed by atoms with Crippen LogP contribution in [0.4, 0.5) is 0 Å². The molecule has 0 atom stereocenters. The van der Waals surface area contributed by atoms with Crippen molar-refractivity contribution in [2.24, 2.45) is 0 Å². The molecule has 0 unspecified atom stereocenters. The van der Waals surface area contributed by atoms with Crippen LogP contribution in [0.2, 0.25) is 0 Å². The first-order valence-electron chi connectivity index (χ1n) is 19.1. The Hall–Kier alpha value is -7.36. The Bertz CT molecular complexity index is 2890. The molecule has 0 saturated carbocycles. The van der Waals surface area contributed by atoms with Gasteiger partial charge in [-0.05, 0) is 68.8 Å². The summed E-state index contributed by atoms with van der Waals surface area (Å²) in [5.74, 6) is 2.45. The van der Waals surface area contributed by atoms with Crippen LogP contribution in [0.1, 0.15) is 22.3 Å². The zero-order valence-electron chi connectivity index (χ0n) is 30.4. The summed E-state index contributed by atoms with van der Waals surface area (Å²) in [7, 11) is 0. The molecule has 0 N–H and O–H groups in total. The number of fused-ring (bicyclic) bond motifs is 9. The minimum absolute atomic E-state index is 0.473. The third-order valence-electron chi connectivity index (χ3n) is 11.4. The van der Waals surface area contributed by atoms with Crippen molar-refractivity contribution in [1.82, 2.24) is 9.97 Å². The van der Waals surface area contributed by atoms with Crippen LogP contribution in [0, 0.1) is 0 Å². The fraction of sp³-hybridized carbons (Fsp3) is 0.0189. The van der Waals surface area contributed by atoms with E-state index in [0.717, 1.165) is 61.8 Å². The lowest BCUT2D eigenvalue weighted by Crippen LogP contribution is -2.32. The SMILES string of the molecule is c1ccc(-c2cccc(-c3cc(-c4ccccc4)nc(-c4ccc(-c5ccc6c(c5)Oc5ccccc5C65c6ccccc6-c6ccccc65)cc4)n3)c2)cc1. The third kappa shape index (κ3) is 5.05. The molecule has 0 bridgehead atoms. The second-order valence-electron chi connectivity index (χ2n) is 14.5. The molecular formula is C53H34N2O. The molecule has 0 saturated heterocycles. The average Bonchev–Trinajstić information content (AvgIpc) is 3.57. The van der Waals surface area contributed by atoms with E-state index in [-0.39, 0.29) is 0 Å². The van der Waals surface area contributed by atoms with Gasteiger partial charge in [-0.3, -0.25) is 0 Å². The van der Waals surface area contributed by atoms with E-state index >= 15 is 0 Å². The van der Waals surface area contributed by atoms with Gasteiger partial charge in [0.25, 0.3) is 0 Å². The Labute approximate surface area is 326 Å². The van der Waals surface area contributed by atoms with Crippen LogP contribution < -0.4 is 4.74 Å². The Morgan fingerprint density at radius 1 is 0.304 bits per heavy atom. The number of rotatable bonds is 5. The third-order valence-corrected chi connectivity index (χ3v) is 11.4. The van der Waals surface area contributed by atoms with E-state index < -0.39 is 5.41 Å². The zero-order valence-corrected chi connectivity index (χ0v) is 30.4. The van der Waals surface area contributed by atoms with Crippen molar-refractivity contribution in [3.05, 3.63) is 229 Å². The van der Waals surface area contributed by atoms with Gasteiger partial charge in [0.1, 0.15) is 11.5 Å². The van der Waals surface area contributed by atoms with Crippen molar-refractivity contribution in [2.45, 2.75) is 5.41 Å². The number of ether oxygens (including phenoxy) is 1. The molecule has 3 heteroatoms. The van der Waals surface area contributed by atoms with Gasteiger partial charge in [0.15, 0.2) is 5.82 Å².